The van der Waals surface area contributed by atoms with Crippen molar-refractivity contribution in [3.8, 4) is 17.2 Å². The molecule has 4 rings (SSSR count). The van der Waals surface area contributed by atoms with Crippen LogP contribution in [0.1, 0.15) is 57.9 Å². The topological polar surface area (TPSA) is 127 Å². The Hall–Kier alpha value is -2.60. The van der Waals surface area contributed by atoms with Gasteiger partial charge >= 0.3 is 5.97 Å². The highest BCUT2D eigenvalue weighted by Gasteiger charge is 2.51. The van der Waals surface area contributed by atoms with Gasteiger partial charge in [-0.1, -0.05) is 27.2 Å². The Morgan fingerprint density at radius 1 is 1.15 bits per heavy atom. The Kier molecular flexibility index (Phi) is 10.2. The highest BCUT2D eigenvalue weighted by Crippen LogP contribution is 2.48. The van der Waals surface area contributed by atoms with Crippen molar-refractivity contribution in [2.45, 2.75) is 64.7 Å². The highest BCUT2D eigenvalue weighted by molar-refractivity contribution is 5.79. The molecule has 3 aliphatic rings. The number of likely N-dealkylation sites (tertiary alicyclic amines) is 1. The Bertz CT molecular complexity index is 1020. The van der Waals surface area contributed by atoms with Gasteiger partial charge in [0.2, 0.25) is 18.4 Å². The van der Waals surface area contributed by atoms with Gasteiger partial charge in [0.25, 0.3) is 0 Å². The van der Waals surface area contributed by atoms with Crippen LogP contribution in [0.15, 0.2) is 12.1 Å². The molecule has 1 amide bonds. The predicted molar refractivity (Wildman–Crippen MR) is 146 cm³/mol. The number of hydrogen-bond acceptors (Lipinski definition) is 9. The van der Waals surface area contributed by atoms with Gasteiger partial charge in [-0.25, -0.2) is 0 Å². The summed E-state index contributed by atoms with van der Waals surface area (Å²) in [4.78, 5) is 30.3. The Morgan fingerprint density at radius 2 is 1.88 bits per heavy atom. The van der Waals surface area contributed by atoms with Crippen LogP contribution in [0, 0.1) is 11.3 Å². The molecule has 40 heavy (non-hydrogen) atoms. The molecule has 0 saturated carbocycles. The summed E-state index contributed by atoms with van der Waals surface area (Å²) in [5.74, 6) is -0.677. The molecule has 0 radical (unpaired) electrons. The standard InChI is InChI=1S/C29H44N2O9/c1-5-6-8-30(9-7-10-32)24(33)17-31-16-20(19-13-22(36-4)26-23(14-19)39-18-40-26)25(27(34)35)21(31)15-29(2,3)28-37-11-12-38-28/h13-14,20-21,25,28,32H,5-12,15-18H2,1-4H3,(H,34,35)/t20-,21+,25-/m1/s1. The summed E-state index contributed by atoms with van der Waals surface area (Å²) < 4.78 is 28.4. The molecule has 2 N–H and O–H groups in total. The summed E-state index contributed by atoms with van der Waals surface area (Å²) in [6, 6.07) is 3.20. The van der Waals surface area contributed by atoms with E-state index < -0.39 is 35.6 Å². The zero-order chi connectivity index (χ0) is 28.9. The number of rotatable bonds is 14. The summed E-state index contributed by atoms with van der Waals surface area (Å²) in [5.41, 5.74) is 0.277. The molecule has 1 aromatic carbocycles. The first-order valence-corrected chi connectivity index (χ1v) is 14.3. The van der Waals surface area contributed by atoms with Crippen LogP contribution in [-0.2, 0) is 19.1 Å². The molecule has 224 valence electrons. The van der Waals surface area contributed by atoms with Crippen molar-refractivity contribution in [1.82, 2.24) is 9.80 Å². The predicted octanol–water partition coefficient (Wildman–Crippen LogP) is 2.69. The second-order valence-electron chi connectivity index (χ2n) is 11.5. The lowest BCUT2D eigenvalue weighted by Gasteiger charge is -2.37. The molecule has 3 atom stereocenters. The third-order valence-electron chi connectivity index (χ3n) is 8.20. The smallest absolute Gasteiger partial charge is 0.308 e. The maximum atomic E-state index is 13.6. The number of aliphatic hydroxyl groups excluding tert-OH is 1. The van der Waals surface area contributed by atoms with E-state index in [1.54, 1.807) is 12.0 Å². The van der Waals surface area contributed by atoms with Crippen LogP contribution in [0.2, 0.25) is 0 Å². The van der Waals surface area contributed by atoms with E-state index >= 15 is 0 Å². The van der Waals surface area contributed by atoms with E-state index in [1.807, 2.05) is 30.9 Å². The SMILES string of the molecule is CCCCN(CCCO)C(=O)CN1C[C@H](c2cc(OC)c3c(c2)OCO3)[C@@H](C(=O)O)[C@@H]1CC(C)(C)C1OCCO1. The molecule has 0 unspecified atom stereocenters. The fourth-order valence-electron chi connectivity index (χ4n) is 6.14. The van der Waals surface area contributed by atoms with E-state index in [0.29, 0.717) is 62.9 Å². The van der Waals surface area contributed by atoms with Crippen molar-refractivity contribution in [2.24, 2.45) is 11.3 Å². The number of unbranched alkanes of at least 4 members (excludes halogenated alkanes) is 1. The molecular formula is C29H44N2O9. The molecule has 3 heterocycles. The highest BCUT2D eigenvalue weighted by atomic mass is 16.7. The molecule has 2 saturated heterocycles. The molecule has 3 aliphatic heterocycles. The average Bonchev–Trinajstić information content (AvgIpc) is 3.69. The normalized spacial score (nSPS) is 23.1. The largest absolute Gasteiger partial charge is 0.493 e. The van der Waals surface area contributed by atoms with Crippen molar-refractivity contribution in [3.05, 3.63) is 17.7 Å². The molecule has 2 fully saturated rings. The third-order valence-corrected chi connectivity index (χ3v) is 8.20. The number of benzene rings is 1. The number of amides is 1. The zero-order valence-electron chi connectivity index (χ0n) is 24.1. The number of aliphatic hydroxyl groups is 1. The van der Waals surface area contributed by atoms with Crippen molar-refractivity contribution in [1.29, 1.82) is 0 Å². The van der Waals surface area contributed by atoms with E-state index in [1.165, 1.54) is 0 Å². The summed E-state index contributed by atoms with van der Waals surface area (Å²) in [6.07, 6.45) is 2.32. The lowest BCUT2D eigenvalue weighted by Crippen LogP contribution is -2.47. The summed E-state index contributed by atoms with van der Waals surface area (Å²) in [6.45, 7) is 8.73. The van der Waals surface area contributed by atoms with Gasteiger partial charge in [-0.2, -0.15) is 0 Å². The molecule has 0 spiro atoms. The number of hydrogen-bond donors (Lipinski definition) is 2. The van der Waals surface area contributed by atoms with E-state index in [9.17, 15) is 19.8 Å². The second-order valence-corrected chi connectivity index (χ2v) is 11.5. The molecule has 11 nitrogen and oxygen atoms in total. The van der Waals surface area contributed by atoms with Crippen LogP contribution in [0.5, 0.6) is 17.2 Å². The van der Waals surface area contributed by atoms with Crippen molar-refractivity contribution >= 4 is 11.9 Å². The molecular weight excluding hydrogens is 520 g/mol. The number of carbonyl (C=O) groups excluding carboxylic acids is 1. The van der Waals surface area contributed by atoms with E-state index in [-0.39, 0.29) is 25.9 Å². The van der Waals surface area contributed by atoms with Crippen molar-refractivity contribution in [2.75, 3.05) is 59.9 Å². The molecule has 1 aromatic rings. The monoisotopic (exact) mass is 564 g/mol. The number of carboxylic acids is 1. The quantitative estimate of drug-likeness (QED) is 0.348. The van der Waals surface area contributed by atoms with Crippen LogP contribution in [-0.4, -0.2) is 104 Å². The Morgan fingerprint density at radius 3 is 2.52 bits per heavy atom. The number of carbonyl (C=O) groups is 2. The van der Waals surface area contributed by atoms with Crippen LogP contribution in [0.25, 0.3) is 0 Å². The summed E-state index contributed by atoms with van der Waals surface area (Å²) in [7, 11) is 1.54. The number of aliphatic carboxylic acids is 1. The van der Waals surface area contributed by atoms with Crippen molar-refractivity contribution in [3.63, 3.8) is 0 Å². The van der Waals surface area contributed by atoms with Gasteiger partial charge in [0.15, 0.2) is 17.8 Å². The lowest BCUT2D eigenvalue weighted by atomic mass is 9.77. The first-order chi connectivity index (χ1) is 19.2. The Balaban J connectivity index is 1.67. The zero-order valence-corrected chi connectivity index (χ0v) is 24.1. The fraction of sp³-hybridized carbons (Fsp3) is 0.724. The first kappa shape index (κ1) is 30.4. The minimum Gasteiger partial charge on any atom is -0.493 e. The van der Waals surface area contributed by atoms with E-state index in [4.69, 9.17) is 23.7 Å². The maximum absolute atomic E-state index is 13.6. The van der Waals surface area contributed by atoms with Gasteiger partial charge in [0.05, 0.1) is 32.8 Å². The van der Waals surface area contributed by atoms with E-state index in [2.05, 4.69) is 6.92 Å². The fourth-order valence-corrected chi connectivity index (χ4v) is 6.14. The summed E-state index contributed by atoms with van der Waals surface area (Å²) >= 11 is 0. The lowest BCUT2D eigenvalue weighted by molar-refractivity contribution is -0.148. The first-order valence-electron chi connectivity index (χ1n) is 14.3. The van der Waals surface area contributed by atoms with Crippen LogP contribution < -0.4 is 14.2 Å². The number of fused-ring (bicyclic) bond motifs is 1. The molecule has 0 aromatic heterocycles. The van der Waals surface area contributed by atoms with E-state index in [0.717, 1.165) is 18.4 Å². The average molecular weight is 565 g/mol. The maximum Gasteiger partial charge on any atom is 0.308 e. The van der Waals surface area contributed by atoms with Crippen molar-refractivity contribution < 1.29 is 43.5 Å². The van der Waals surface area contributed by atoms with Gasteiger partial charge < -0.3 is 38.8 Å². The van der Waals surface area contributed by atoms with Gasteiger partial charge in [0, 0.05) is 43.6 Å². The number of ether oxygens (including phenoxy) is 5. The molecule has 0 bridgehead atoms. The number of methoxy groups -OCH3 is 1. The number of nitrogens with zero attached hydrogens (tertiary/aromatic N) is 2. The molecule has 0 aliphatic carbocycles. The minimum absolute atomic E-state index is 0.00688. The van der Waals surface area contributed by atoms with Gasteiger partial charge in [-0.15, -0.1) is 0 Å². The van der Waals surface area contributed by atoms with Crippen LogP contribution in [0.3, 0.4) is 0 Å². The van der Waals surface area contributed by atoms with Gasteiger partial charge in [0.1, 0.15) is 0 Å². The Labute approximate surface area is 236 Å². The minimum atomic E-state index is -0.922. The summed E-state index contributed by atoms with van der Waals surface area (Å²) in [5, 5.41) is 20.0. The van der Waals surface area contributed by atoms with Crippen LogP contribution >= 0.6 is 0 Å². The third kappa shape index (κ3) is 6.64. The number of carboxylic acid groups (broad SMARTS) is 1. The van der Waals surface area contributed by atoms with Gasteiger partial charge in [-0.3, -0.25) is 14.5 Å². The van der Waals surface area contributed by atoms with Crippen LogP contribution in [0.4, 0.5) is 0 Å². The second kappa shape index (κ2) is 13.4. The molecule has 11 heteroatoms. The van der Waals surface area contributed by atoms with Gasteiger partial charge in [-0.05, 0) is 37.0 Å².